The van der Waals surface area contributed by atoms with Gasteiger partial charge in [-0.25, -0.2) is 4.98 Å². The number of fused-ring (bicyclic) bond motifs is 1. The van der Waals surface area contributed by atoms with Crippen LogP contribution in [0.25, 0.3) is 11.0 Å². The third kappa shape index (κ3) is 2.38. The summed E-state index contributed by atoms with van der Waals surface area (Å²) in [7, 11) is 0. The van der Waals surface area contributed by atoms with E-state index in [2.05, 4.69) is 33.0 Å². The second-order valence-corrected chi connectivity index (χ2v) is 4.34. The maximum absolute atomic E-state index is 4.44. The van der Waals surface area contributed by atoms with Crippen molar-refractivity contribution in [2.75, 3.05) is 18.0 Å². The SMILES string of the molecule is Cc1[c-][nH]c2ncnc(N3CCCCC3)c12.[Y]. The van der Waals surface area contributed by atoms with Crippen LogP contribution in [0.5, 0.6) is 0 Å². The molecule has 1 radical (unpaired) electrons. The second-order valence-electron chi connectivity index (χ2n) is 4.34. The number of piperidine rings is 1. The first kappa shape index (κ1) is 13.0. The summed E-state index contributed by atoms with van der Waals surface area (Å²) in [6.45, 7) is 4.27. The zero-order valence-electron chi connectivity index (χ0n) is 10.0. The van der Waals surface area contributed by atoms with Gasteiger partial charge in [0.25, 0.3) is 0 Å². The van der Waals surface area contributed by atoms with Crippen LogP contribution in [0.15, 0.2) is 6.33 Å². The van der Waals surface area contributed by atoms with Crippen LogP contribution in [-0.2, 0) is 32.7 Å². The summed E-state index contributed by atoms with van der Waals surface area (Å²) in [5.41, 5.74) is 2.00. The molecule has 1 aliphatic heterocycles. The fourth-order valence-electron chi connectivity index (χ4n) is 2.38. The number of aromatic amines is 1. The fraction of sp³-hybridized carbons (Fsp3) is 0.500. The maximum Gasteiger partial charge on any atom is 0.104 e. The Kier molecular flexibility index (Phi) is 4.15. The van der Waals surface area contributed by atoms with E-state index in [0.717, 1.165) is 35.5 Å². The molecule has 2 aromatic rings. The van der Waals surface area contributed by atoms with Gasteiger partial charge in [0.2, 0.25) is 0 Å². The molecular formula is C12H15N4Y-. The predicted octanol–water partition coefficient (Wildman–Crippen LogP) is 2.05. The van der Waals surface area contributed by atoms with Gasteiger partial charge < -0.3 is 9.88 Å². The van der Waals surface area contributed by atoms with E-state index >= 15 is 0 Å². The van der Waals surface area contributed by atoms with Gasteiger partial charge in [0.1, 0.15) is 6.33 Å². The second kappa shape index (κ2) is 5.44. The molecule has 0 saturated carbocycles. The third-order valence-electron chi connectivity index (χ3n) is 3.23. The van der Waals surface area contributed by atoms with Gasteiger partial charge in [-0.05, 0) is 24.9 Å². The fourth-order valence-corrected chi connectivity index (χ4v) is 2.38. The molecule has 5 heteroatoms. The Bertz CT molecular complexity index is 502. The van der Waals surface area contributed by atoms with Crippen LogP contribution in [0.2, 0.25) is 0 Å². The van der Waals surface area contributed by atoms with Gasteiger partial charge in [-0.3, -0.25) is 4.98 Å². The molecule has 0 aliphatic carbocycles. The minimum absolute atomic E-state index is 0. The molecular weight excluding hydrogens is 289 g/mol. The van der Waals surface area contributed by atoms with E-state index in [9.17, 15) is 0 Å². The molecule has 1 aliphatic rings. The van der Waals surface area contributed by atoms with Crippen LogP contribution in [0.4, 0.5) is 5.82 Å². The summed E-state index contributed by atoms with van der Waals surface area (Å²) in [4.78, 5) is 14.1. The zero-order valence-corrected chi connectivity index (χ0v) is 12.9. The summed E-state index contributed by atoms with van der Waals surface area (Å²) in [5, 5.41) is 1.13. The minimum atomic E-state index is 0. The molecule has 87 valence electrons. The number of nitrogens with zero attached hydrogens (tertiary/aromatic N) is 3. The van der Waals surface area contributed by atoms with Gasteiger partial charge >= 0.3 is 0 Å². The smallest absolute Gasteiger partial charge is 0.104 e. The molecule has 4 nitrogen and oxygen atoms in total. The number of aromatic nitrogens is 3. The predicted molar refractivity (Wildman–Crippen MR) is 63.5 cm³/mol. The van der Waals surface area contributed by atoms with E-state index in [-0.39, 0.29) is 32.7 Å². The Balaban J connectivity index is 0.00000108. The van der Waals surface area contributed by atoms with Crippen molar-refractivity contribution in [3.8, 4) is 0 Å². The van der Waals surface area contributed by atoms with Crippen molar-refractivity contribution in [3.05, 3.63) is 18.1 Å². The van der Waals surface area contributed by atoms with Crippen LogP contribution in [0.1, 0.15) is 24.8 Å². The molecule has 17 heavy (non-hydrogen) atoms. The van der Waals surface area contributed by atoms with Crippen molar-refractivity contribution < 1.29 is 32.7 Å². The van der Waals surface area contributed by atoms with E-state index in [1.807, 2.05) is 0 Å². The number of aryl methyl sites for hydroxylation is 1. The van der Waals surface area contributed by atoms with Crippen LogP contribution >= 0.6 is 0 Å². The first-order chi connectivity index (χ1) is 7.86. The minimum Gasteiger partial charge on any atom is -0.462 e. The molecule has 0 bridgehead atoms. The van der Waals surface area contributed by atoms with Crippen LogP contribution < -0.4 is 4.90 Å². The van der Waals surface area contributed by atoms with Gasteiger partial charge in [0.15, 0.2) is 0 Å². The van der Waals surface area contributed by atoms with E-state index < -0.39 is 0 Å². The Morgan fingerprint density at radius 1 is 1.24 bits per heavy atom. The maximum atomic E-state index is 4.44. The van der Waals surface area contributed by atoms with Gasteiger partial charge in [0, 0.05) is 45.8 Å². The standard InChI is InChI=1S/C12H15N4.Y/c1-9-7-13-11-10(9)12(15-8-14-11)16-5-3-2-4-6-16;/h8H,2-6H2,1H3,(H,13,14,15);/q-1;. The molecule has 0 aromatic carbocycles. The molecule has 0 atom stereocenters. The normalized spacial score (nSPS) is 15.9. The van der Waals surface area contributed by atoms with Crippen molar-refractivity contribution in [3.63, 3.8) is 0 Å². The monoisotopic (exact) mass is 304 g/mol. The van der Waals surface area contributed by atoms with Crippen LogP contribution in [0.3, 0.4) is 0 Å². The summed E-state index contributed by atoms with van der Waals surface area (Å²) < 4.78 is 0. The van der Waals surface area contributed by atoms with Crippen molar-refractivity contribution in [1.82, 2.24) is 15.0 Å². The number of rotatable bonds is 1. The quantitative estimate of drug-likeness (QED) is 0.820. The molecule has 3 rings (SSSR count). The first-order valence-corrected chi connectivity index (χ1v) is 5.82. The molecule has 2 aromatic heterocycles. The topological polar surface area (TPSA) is 44.8 Å². The third-order valence-corrected chi connectivity index (χ3v) is 3.23. The van der Waals surface area contributed by atoms with E-state index in [4.69, 9.17) is 0 Å². The van der Waals surface area contributed by atoms with Crippen molar-refractivity contribution in [2.24, 2.45) is 0 Å². The van der Waals surface area contributed by atoms with E-state index in [1.165, 1.54) is 19.3 Å². The van der Waals surface area contributed by atoms with E-state index in [0.29, 0.717) is 0 Å². The van der Waals surface area contributed by atoms with Crippen molar-refractivity contribution >= 4 is 16.9 Å². The number of H-pyrrole nitrogens is 1. The largest absolute Gasteiger partial charge is 0.462 e. The summed E-state index contributed by atoms with van der Waals surface area (Å²) in [6.07, 6.45) is 8.60. The van der Waals surface area contributed by atoms with Crippen molar-refractivity contribution in [2.45, 2.75) is 26.2 Å². The van der Waals surface area contributed by atoms with Gasteiger partial charge in [-0.15, -0.1) is 11.8 Å². The molecule has 1 fully saturated rings. The number of anilines is 1. The average Bonchev–Trinajstić information content (AvgIpc) is 2.73. The van der Waals surface area contributed by atoms with Gasteiger partial charge in [-0.2, -0.15) is 0 Å². The van der Waals surface area contributed by atoms with Gasteiger partial charge in [0.05, 0.1) is 5.82 Å². The molecule has 3 heterocycles. The van der Waals surface area contributed by atoms with Gasteiger partial charge in [-0.1, -0.05) is 12.3 Å². The van der Waals surface area contributed by atoms with Crippen LogP contribution in [-0.4, -0.2) is 28.0 Å². The average molecular weight is 304 g/mol. The molecule has 0 amide bonds. The Morgan fingerprint density at radius 2 is 2.00 bits per heavy atom. The summed E-state index contributed by atoms with van der Waals surface area (Å²) in [6, 6.07) is 0. The Morgan fingerprint density at radius 3 is 2.76 bits per heavy atom. The van der Waals surface area contributed by atoms with Crippen LogP contribution in [0, 0.1) is 13.1 Å². The van der Waals surface area contributed by atoms with Crippen molar-refractivity contribution in [1.29, 1.82) is 0 Å². The number of nitrogens with one attached hydrogen (secondary N) is 1. The molecule has 0 spiro atoms. The number of hydrogen-bond donors (Lipinski definition) is 1. The molecule has 1 N–H and O–H groups in total. The summed E-state index contributed by atoms with van der Waals surface area (Å²) in [5.74, 6) is 1.07. The Hall–Kier alpha value is -0.476. The zero-order chi connectivity index (χ0) is 11.0. The molecule has 0 unspecified atom stereocenters. The first-order valence-electron chi connectivity index (χ1n) is 5.82. The Labute approximate surface area is 126 Å². The molecule has 1 saturated heterocycles. The summed E-state index contributed by atoms with van der Waals surface area (Å²) >= 11 is 0. The van der Waals surface area contributed by atoms with E-state index in [1.54, 1.807) is 6.33 Å². The number of hydrogen-bond acceptors (Lipinski definition) is 3.